The van der Waals surface area contributed by atoms with Crippen LogP contribution in [0.15, 0.2) is 176 Å². The third kappa shape index (κ3) is 5.02. The van der Waals surface area contributed by atoms with Crippen molar-refractivity contribution in [3.05, 3.63) is 198 Å². The van der Waals surface area contributed by atoms with Gasteiger partial charge < -0.3 is 9.47 Å². The number of aryl methyl sites for hydroxylation is 1. The third-order valence-electron chi connectivity index (χ3n) is 12.2. The zero-order valence-corrected chi connectivity index (χ0v) is 31.1. The van der Waals surface area contributed by atoms with Crippen LogP contribution in [-0.2, 0) is 11.8 Å². The highest BCUT2D eigenvalue weighted by Gasteiger charge is 2.36. The van der Waals surface area contributed by atoms with Gasteiger partial charge in [0.15, 0.2) is 0 Å². The van der Waals surface area contributed by atoms with Crippen molar-refractivity contribution < 1.29 is 0 Å². The van der Waals surface area contributed by atoms with Gasteiger partial charge in [0.25, 0.3) is 0 Å². The SMILES string of the molecule is CC1(C)c2cc(N(c3ccccc3)c3ccc(-c4ccc5c(c4)c4cc6c(cc4n5-c4ccccc4)CCC=C6)cc3)ccc2-c2cc3ccccc3cc21. The lowest BCUT2D eigenvalue weighted by molar-refractivity contribution is 0.661. The summed E-state index contributed by atoms with van der Waals surface area (Å²) in [6, 6.07) is 63.1. The number of hydrogen-bond donors (Lipinski definition) is 0. The van der Waals surface area contributed by atoms with E-state index in [1.165, 1.54) is 82.8 Å². The molecule has 2 nitrogen and oxygen atoms in total. The highest BCUT2D eigenvalue weighted by Crippen LogP contribution is 2.52. The molecule has 0 amide bonds. The van der Waals surface area contributed by atoms with Gasteiger partial charge in [0.2, 0.25) is 0 Å². The van der Waals surface area contributed by atoms with Gasteiger partial charge in [-0.1, -0.05) is 111 Å². The first-order chi connectivity index (χ1) is 27.0. The van der Waals surface area contributed by atoms with Gasteiger partial charge >= 0.3 is 0 Å². The fraction of sp³-hybridized carbons (Fsp3) is 0.0943. The molecule has 8 aromatic carbocycles. The molecule has 0 N–H and O–H groups in total. The Morgan fingerprint density at radius 1 is 0.509 bits per heavy atom. The van der Waals surface area contributed by atoms with E-state index in [1.807, 2.05) is 0 Å². The van der Waals surface area contributed by atoms with Gasteiger partial charge in [0, 0.05) is 38.9 Å². The van der Waals surface area contributed by atoms with Crippen LogP contribution in [-0.4, -0.2) is 4.57 Å². The molecule has 1 heterocycles. The van der Waals surface area contributed by atoms with Gasteiger partial charge in [-0.05, 0) is 153 Å². The summed E-state index contributed by atoms with van der Waals surface area (Å²) in [5.74, 6) is 0. The number of benzene rings is 8. The van der Waals surface area contributed by atoms with Gasteiger partial charge in [-0.3, -0.25) is 0 Å². The fourth-order valence-corrected chi connectivity index (χ4v) is 9.36. The predicted molar refractivity (Wildman–Crippen MR) is 233 cm³/mol. The first kappa shape index (κ1) is 31.8. The van der Waals surface area contributed by atoms with Crippen LogP contribution in [0.25, 0.3) is 66.6 Å². The van der Waals surface area contributed by atoms with Crippen molar-refractivity contribution in [1.82, 2.24) is 4.57 Å². The van der Waals surface area contributed by atoms with E-state index in [0.29, 0.717) is 0 Å². The molecule has 0 saturated heterocycles. The summed E-state index contributed by atoms with van der Waals surface area (Å²) in [7, 11) is 0. The second kappa shape index (κ2) is 12.2. The van der Waals surface area contributed by atoms with Gasteiger partial charge in [-0.2, -0.15) is 0 Å². The summed E-state index contributed by atoms with van der Waals surface area (Å²) in [6.07, 6.45) is 6.79. The Morgan fingerprint density at radius 3 is 1.96 bits per heavy atom. The Balaban J connectivity index is 1.01. The van der Waals surface area contributed by atoms with Crippen LogP contribution in [0.1, 0.15) is 42.5 Å². The van der Waals surface area contributed by atoms with E-state index in [0.717, 1.165) is 29.9 Å². The van der Waals surface area contributed by atoms with Crippen molar-refractivity contribution in [3.8, 4) is 27.9 Å². The molecule has 0 fully saturated rings. The lowest BCUT2D eigenvalue weighted by Gasteiger charge is -2.28. The van der Waals surface area contributed by atoms with E-state index in [-0.39, 0.29) is 5.41 Å². The van der Waals surface area contributed by atoms with Crippen molar-refractivity contribution in [2.24, 2.45) is 0 Å². The molecule has 0 bridgehead atoms. The van der Waals surface area contributed by atoms with Crippen LogP contribution in [0.3, 0.4) is 0 Å². The Morgan fingerprint density at radius 2 is 1.16 bits per heavy atom. The first-order valence-electron chi connectivity index (χ1n) is 19.5. The monoisotopic (exact) mass is 704 g/mol. The lowest BCUT2D eigenvalue weighted by Crippen LogP contribution is -2.16. The molecule has 9 aromatic rings. The Hall–Kier alpha value is -6.64. The molecule has 0 saturated carbocycles. The number of fused-ring (bicyclic) bond motifs is 8. The largest absolute Gasteiger partial charge is 0.310 e. The number of anilines is 3. The number of hydrogen-bond acceptors (Lipinski definition) is 1. The second-order valence-corrected chi connectivity index (χ2v) is 15.7. The molecular weight excluding hydrogens is 665 g/mol. The number of para-hydroxylation sites is 2. The van der Waals surface area contributed by atoms with E-state index < -0.39 is 0 Å². The average molecular weight is 705 g/mol. The second-order valence-electron chi connectivity index (χ2n) is 15.7. The van der Waals surface area contributed by atoms with Crippen LogP contribution >= 0.6 is 0 Å². The molecular formula is C53H40N2. The van der Waals surface area contributed by atoms with E-state index in [9.17, 15) is 0 Å². The normalized spacial score (nSPS) is 13.9. The van der Waals surface area contributed by atoms with Crippen LogP contribution in [0.2, 0.25) is 0 Å². The highest BCUT2D eigenvalue weighted by molar-refractivity contribution is 6.11. The Labute approximate surface area is 322 Å². The molecule has 0 radical (unpaired) electrons. The maximum Gasteiger partial charge on any atom is 0.0544 e. The van der Waals surface area contributed by atoms with E-state index in [1.54, 1.807) is 0 Å². The summed E-state index contributed by atoms with van der Waals surface area (Å²) < 4.78 is 2.44. The predicted octanol–water partition coefficient (Wildman–Crippen LogP) is 14.3. The molecule has 2 heteroatoms. The molecule has 2 aliphatic carbocycles. The van der Waals surface area contributed by atoms with Gasteiger partial charge in [0.1, 0.15) is 0 Å². The molecule has 0 atom stereocenters. The zero-order chi connectivity index (χ0) is 36.7. The molecule has 2 aliphatic rings. The van der Waals surface area contributed by atoms with Gasteiger partial charge in [-0.15, -0.1) is 0 Å². The smallest absolute Gasteiger partial charge is 0.0544 e. The number of rotatable bonds is 5. The Kier molecular flexibility index (Phi) is 7.06. The van der Waals surface area contributed by atoms with Crippen LogP contribution in [0, 0.1) is 0 Å². The molecule has 55 heavy (non-hydrogen) atoms. The number of aromatic nitrogens is 1. The minimum Gasteiger partial charge on any atom is -0.310 e. The number of allylic oxidation sites excluding steroid dienone is 1. The molecule has 1 aromatic heterocycles. The molecule has 262 valence electrons. The number of nitrogens with zero attached hydrogens (tertiary/aromatic N) is 2. The van der Waals surface area contributed by atoms with Crippen LogP contribution in [0.5, 0.6) is 0 Å². The minimum atomic E-state index is -0.116. The maximum atomic E-state index is 2.44. The van der Waals surface area contributed by atoms with Crippen LogP contribution in [0.4, 0.5) is 17.1 Å². The third-order valence-corrected chi connectivity index (χ3v) is 12.2. The molecule has 0 aliphatic heterocycles. The lowest BCUT2D eigenvalue weighted by atomic mass is 9.81. The van der Waals surface area contributed by atoms with E-state index in [4.69, 9.17) is 0 Å². The maximum absolute atomic E-state index is 2.44. The fourth-order valence-electron chi connectivity index (χ4n) is 9.36. The van der Waals surface area contributed by atoms with Gasteiger partial charge in [-0.25, -0.2) is 0 Å². The van der Waals surface area contributed by atoms with Crippen LogP contribution < -0.4 is 4.90 Å². The van der Waals surface area contributed by atoms with Crippen molar-refractivity contribution in [3.63, 3.8) is 0 Å². The average Bonchev–Trinajstić information content (AvgIpc) is 3.66. The van der Waals surface area contributed by atoms with E-state index in [2.05, 4.69) is 205 Å². The topological polar surface area (TPSA) is 8.17 Å². The van der Waals surface area contributed by atoms with Crippen molar-refractivity contribution in [1.29, 1.82) is 0 Å². The zero-order valence-electron chi connectivity index (χ0n) is 31.1. The molecule has 0 spiro atoms. The summed E-state index contributed by atoms with van der Waals surface area (Å²) in [6.45, 7) is 4.74. The molecule has 11 rings (SSSR count). The summed E-state index contributed by atoms with van der Waals surface area (Å²) >= 11 is 0. The van der Waals surface area contributed by atoms with Crippen molar-refractivity contribution in [2.45, 2.75) is 32.1 Å². The minimum absolute atomic E-state index is 0.116. The quantitative estimate of drug-likeness (QED) is 0.173. The first-order valence-corrected chi connectivity index (χ1v) is 19.5. The molecule has 0 unspecified atom stereocenters. The van der Waals surface area contributed by atoms with Crippen molar-refractivity contribution >= 4 is 55.7 Å². The summed E-state index contributed by atoms with van der Waals surface area (Å²) in [5.41, 5.74) is 17.7. The van der Waals surface area contributed by atoms with Gasteiger partial charge in [0.05, 0.1) is 11.0 Å². The van der Waals surface area contributed by atoms with Crippen molar-refractivity contribution in [2.75, 3.05) is 4.90 Å². The highest BCUT2D eigenvalue weighted by atomic mass is 15.1. The summed E-state index contributed by atoms with van der Waals surface area (Å²) in [5, 5.41) is 5.16. The standard InChI is InChI=1S/C53H40N2/c1-53(2)49-32-38-15-11-9-13-36(38)29-46(49)45-27-26-44(34-50(45)53)54(41-17-5-3-6-18-41)43-24-21-35(22-25-43)40-23-28-51-47(31-40)48-30-37-14-10-12-16-39(37)33-52(48)55(51)42-19-7-4-8-20-42/h3-11,13-15,17-34H,12,16H2,1-2H3. The van der Waals surface area contributed by atoms with E-state index >= 15 is 0 Å². The Bertz CT molecular complexity index is 2980. The summed E-state index contributed by atoms with van der Waals surface area (Å²) in [4.78, 5) is 2.40.